The average molecular weight is 217 g/mol. The molecule has 0 bridgehead atoms. The first kappa shape index (κ1) is 10.6. The Morgan fingerprint density at radius 2 is 1.88 bits per heavy atom. The molecule has 0 unspecified atom stereocenters. The van der Waals surface area contributed by atoms with E-state index in [4.69, 9.17) is 4.74 Å². The number of benzene rings is 1. The van der Waals surface area contributed by atoms with E-state index >= 15 is 0 Å². The van der Waals surface area contributed by atoms with E-state index < -0.39 is 5.95 Å². The first-order valence-electron chi connectivity index (χ1n) is 5.17. The molecule has 1 aromatic carbocycles. The maximum absolute atomic E-state index is 12.8. The number of halogens is 1. The molecule has 16 heavy (non-hydrogen) atoms. The van der Waals surface area contributed by atoms with E-state index in [1.807, 2.05) is 24.3 Å². The number of aromatic nitrogens is 1. The van der Waals surface area contributed by atoms with Gasteiger partial charge in [-0.2, -0.15) is 9.37 Å². The summed E-state index contributed by atoms with van der Waals surface area (Å²) in [5.74, 6) is 0.391. The highest BCUT2D eigenvalue weighted by atomic mass is 19.1. The Morgan fingerprint density at radius 1 is 1.12 bits per heavy atom. The number of rotatable bonds is 3. The van der Waals surface area contributed by atoms with Gasteiger partial charge >= 0.3 is 0 Å². The number of nitrogens with zero attached hydrogens (tertiary/aromatic N) is 1. The van der Waals surface area contributed by atoms with Crippen molar-refractivity contribution in [2.75, 3.05) is 0 Å². The van der Waals surface area contributed by atoms with E-state index in [0.29, 0.717) is 5.75 Å². The molecule has 0 fully saturated rings. The number of hydrogen-bond donors (Lipinski definition) is 0. The molecular weight excluding hydrogens is 205 g/mol. The van der Waals surface area contributed by atoms with Crippen molar-refractivity contribution in [2.24, 2.45) is 0 Å². The van der Waals surface area contributed by atoms with Gasteiger partial charge in [-0.1, -0.05) is 25.1 Å². The minimum Gasteiger partial charge on any atom is -0.439 e. The van der Waals surface area contributed by atoms with Gasteiger partial charge in [-0.05, 0) is 30.2 Å². The van der Waals surface area contributed by atoms with Crippen LogP contribution in [0.25, 0.3) is 0 Å². The molecule has 0 aliphatic carbocycles. The molecule has 82 valence electrons. The summed E-state index contributed by atoms with van der Waals surface area (Å²) in [5, 5.41) is 0. The lowest BCUT2D eigenvalue weighted by Gasteiger charge is -2.04. The molecule has 2 nitrogen and oxygen atoms in total. The van der Waals surface area contributed by atoms with Gasteiger partial charge in [0, 0.05) is 6.07 Å². The van der Waals surface area contributed by atoms with Crippen LogP contribution in [0.5, 0.6) is 11.6 Å². The molecule has 0 atom stereocenters. The van der Waals surface area contributed by atoms with Crippen molar-refractivity contribution in [2.45, 2.75) is 13.3 Å². The largest absolute Gasteiger partial charge is 0.439 e. The van der Waals surface area contributed by atoms with Crippen molar-refractivity contribution in [1.29, 1.82) is 0 Å². The van der Waals surface area contributed by atoms with Gasteiger partial charge in [0.25, 0.3) is 0 Å². The van der Waals surface area contributed by atoms with Crippen molar-refractivity contribution in [3.05, 3.63) is 54.0 Å². The van der Waals surface area contributed by atoms with Crippen LogP contribution in [-0.4, -0.2) is 4.98 Å². The van der Waals surface area contributed by atoms with Crippen LogP contribution >= 0.6 is 0 Å². The van der Waals surface area contributed by atoms with Crippen molar-refractivity contribution in [1.82, 2.24) is 4.98 Å². The van der Waals surface area contributed by atoms with Crippen LogP contribution in [-0.2, 0) is 6.42 Å². The Balaban J connectivity index is 2.14. The zero-order valence-electron chi connectivity index (χ0n) is 8.98. The van der Waals surface area contributed by atoms with E-state index in [1.165, 1.54) is 11.6 Å². The van der Waals surface area contributed by atoms with Crippen LogP contribution in [0.3, 0.4) is 0 Å². The fourth-order valence-electron chi connectivity index (χ4n) is 1.36. The third kappa shape index (κ3) is 2.57. The summed E-state index contributed by atoms with van der Waals surface area (Å²) < 4.78 is 18.2. The minimum absolute atomic E-state index is 0.268. The number of ether oxygens (including phenoxy) is 1. The third-order valence-electron chi connectivity index (χ3n) is 2.24. The standard InChI is InChI=1S/C13H12FNO/c1-2-10-6-8-11(9-7-10)16-13-5-3-4-12(14)15-13/h3-9H,2H2,1H3. The fourth-order valence-corrected chi connectivity index (χ4v) is 1.36. The molecular formula is C13H12FNO. The summed E-state index contributed by atoms with van der Waals surface area (Å²) in [6, 6.07) is 12.1. The molecule has 0 spiro atoms. The highest BCUT2D eigenvalue weighted by Gasteiger charge is 1.99. The molecule has 0 amide bonds. The van der Waals surface area contributed by atoms with Crippen molar-refractivity contribution in [3.8, 4) is 11.6 Å². The zero-order chi connectivity index (χ0) is 11.4. The summed E-state index contributed by atoms with van der Waals surface area (Å²) in [7, 11) is 0. The molecule has 0 aliphatic heterocycles. The Kier molecular flexibility index (Phi) is 3.15. The number of aryl methyl sites for hydroxylation is 1. The fraction of sp³-hybridized carbons (Fsp3) is 0.154. The van der Waals surface area contributed by atoms with E-state index in [9.17, 15) is 4.39 Å². The lowest BCUT2D eigenvalue weighted by atomic mass is 10.2. The number of hydrogen-bond acceptors (Lipinski definition) is 2. The van der Waals surface area contributed by atoms with Gasteiger partial charge in [0.05, 0.1) is 0 Å². The maximum atomic E-state index is 12.8. The van der Waals surface area contributed by atoms with Gasteiger partial charge in [-0.25, -0.2) is 0 Å². The van der Waals surface area contributed by atoms with Gasteiger partial charge in [-0.3, -0.25) is 0 Å². The average Bonchev–Trinajstić information content (AvgIpc) is 2.30. The second-order valence-electron chi connectivity index (χ2n) is 3.40. The summed E-state index contributed by atoms with van der Waals surface area (Å²) in [6.07, 6.45) is 0.985. The predicted octanol–water partition coefficient (Wildman–Crippen LogP) is 3.58. The molecule has 1 heterocycles. The maximum Gasteiger partial charge on any atom is 0.221 e. The minimum atomic E-state index is -0.539. The van der Waals surface area contributed by atoms with Crippen molar-refractivity contribution >= 4 is 0 Å². The highest BCUT2D eigenvalue weighted by molar-refractivity contribution is 5.30. The van der Waals surface area contributed by atoms with Crippen LogP contribution in [0.4, 0.5) is 4.39 Å². The van der Waals surface area contributed by atoms with Crippen molar-refractivity contribution in [3.63, 3.8) is 0 Å². The molecule has 0 saturated heterocycles. The third-order valence-corrected chi connectivity index (χ3v) is 2.24. The monoisotopic (exact) mass is 217 g/mol. The normalized spacial score (nSPS) is 10.1. The molecule has 2 rings (SSSR count). The Hall–Kier alpha value is -1.90. The second-order valence-corrected chi connectivity index (χ2v) is 3.40. The molecule has 0 radical (unpaired) electrons. The highest BCUT2D eigenvalue weighted by Crippen LogP contribution is 2.19. The molecule has 0 aliphatic rings. The topological polar surface area (TPSA) is 22.1 Å². The summed E-state index contributed by atoms with van der Waals surface area (Å²) in [5.41, 5.74) is 1.24. The van der Waals surface area contributed by atoms with E-state index in [2.05, 4.69) is 11.9 Å². The smallest absolute Gasteiger partial charge is 0.221 e. The van der Waals surface area contributed by atoms with Gasteiger partial charge in [0.2, 0.25) is 11.8 Å². The molecule has 0 saturated carbocycles. The first-order chi connectivity index (χ1) is 7.78. The Bertz CT molecular complexity index is 468. The van der Waals surface area contributed by atoms with Crippen LogP contribution in [0, 0.1) is 5.95 Å². The van der Waals surface area contributed by atoms with E-state index in [1.54, 1.807) is 12.1 Å². The van der Waals surface area contributed by atoms with Gasteiger partial charge < -0.3 is 4.74 Å². The van der Waals surface area contributed by atoms with Crippen molar-refractivity contribution < 1.29 is 9.13 Å². The molecule has 1 aromatic heterocycles. The van der Waals surface area contributed by atoms with Gasteiger partial charge in [-0.15, -0.1) is 0 Å². The first-order valence-corrected chi connectivity index (χ1v) is 5.17. The van der Waals surface area contributed by atoms with E-state index in [0.717, 1.165) is 6.42 Å². The Morgan fingerprint density at radius 3 is 2.50 bits per heavy atom. The van der Waals surface area contributed by atoms with Crippen LogP contribution in [0.1, 0.15) is 12.5 Å². The van der Waals surface area contributed by atoms with Crippen LogP contribution in [0.2, 0.25) is 0 Å². The molecule has 2 aromatic rings. The van der Waals surface area contributed by atoms with Crippen LogP contribution < -0.4 is 4.74 Å². The lowest BCUT2D eigenvalue weighted by molar-refractivity contribution is 0.445. The van der Waals surface area contributed by atoms with Gasteiger partial charge in [0.1, 0.15) is 5.75 Å². The summed E-state index contributed by atoms with van der Waals surface area (Å²) >= 11 is 0. The van der Waals surface area contributed by atoms with Gasteiger partial charge in [0.15, 0.2) is 0 Å². The molecule has 0 N–H and O–H groups in total. The summed E-state index contributed by atoms with van der Waals surface area (Å²) in [6.45, 7) is 2.09. The predicted molar refractivity (Wildman–Crippen MR) is 60.1 cm³/mol. The SMILES string of the molecule is CCc1ccc(Oc2cccc(F)n2)cc1. The van der Waals surface area contributed by atoms with Crippen LogP contribution in [0.15, 0.2) is 42.5 Å². The zero-order valence-corrected chi connectivity index (χ0v) is 8.98. The Labute approximate surface area is 93.7 Å². The van der Waals surface area contributed by atoms with E-state index in [-0.39, 0.29) is 5.88 Å². The summed E-state index contributed by atoms with van der Waals surface area (Å²) in [4.78, 5) is 3.62. The quantitative estimate of drug-likeness (QED) is 0.733. The number of pyridine rings is 1. The lowest BCUT2D eigenvalue weighted by Crippen LogP contribution is -1.90. The second kappa shape index (κ2) is 4.75. The molecule has 3 heteroatoms.